The Bertz CT molecular complexity index is 268. The van der Waals surface area contributed by atoms with Gasteiger partial charge in [-0.1, -0.05) is 27.2 Å². The minimum absolute atomic E-state index is 0.0698. The number of carbonyl (C=O) groups is 2. The summed E-state index contributed by atoms with van der Waals surface area (Å²) in [5.74, 6) is -0.407. The molecule has 0 aromatic carbocycles. The monoisotopic (exact) mass is 243 g/mol. The van der Waals surface area contributed by atoms with E-state index in [1.54, 1.807) is 6.92 Å². The smallest absolute Gasteiger partial charge is 0.329 e. The van der Waals surface area contributed by atoms with Gasteiger partial charge in [0.1, 0.15) is 11.6 Å². The second kappa shape index (κ2) is 6.62. The number of esters is 1. The molecule has 0 rings (SSSR count). The van der Waals surface area contributed by atoms with Crippen molar-refractivity contribution in [3.63, 3.8) is 0 Å². The molecule has 0 unspecified atom stereocenters. The summed E-state index contributed by atoms with van der Waals surface area (Å²) in [7, 11) is 0. The summed E-state index contributed by atoms with van der Waals surface area (Å²) in [4.78, 5) is 23.4. The van der Waals surface area contributed by atoms with E-state index in [-0.39, 0.29) is 17.8 Å². The summed E-state index contributed by atoms with van der Waals surface area (Å²) in [6, 6.07) is -0.549. The van der Waals surface area contributed by atoms with Crippen molar-refractivity contribution >= 4 is 11.9 Å². The van der Waals surface area contributed by atoms with Crippen LogP contribution in [0.3, 0.4) is 0 Å². The van der Waals surface area contributed by atoms with Gasteiger partial charge in [-0.2, -0.15) is 0 Å². The molecule has 0 aromatic rings. The third-order valence-electron chi connectivity index (χ3n) is 2.51. The normalized spacial score (nSPS) is 14.9. The van der Waals surface area contributed by atoms with E-state index in [0.29, 0.717) is 6.42 Å². The first-order valence-corrected chi connectivity index (χ1v) is 6.23. The Kier molecular flexibility index (Phi) is 6.21. The van der Waals surface area contributed by atoms with E-state index in [0.717, 1.165) is 6.42 Å². The van der Waals surface area contributed by atoms with Gasteiger partial charge in [0.05, 0.1) is 0 Å². The molecule has 0 heterocycles. The summed E-state index contributed by atoms with van der Waals surface area (Å²) in [6.45, 7) is 11.1. The van der Waals surface area contributed by atoms with Crippen LogP contribution in [0.4, 0.5) is 0 Å². The van der Waals surface area contributed by atoms with Gasteiger partial charge >= 0.3 is 5.97 Å². The molecule has 0 aliphatic carbocycles. The van der Waals surface area contributed by atoms with Gasteiger partial charge in [0.15, 0.2) is 0 Å². The van der Waals surface area contributed by atoms with Crippen molar-refractivity contribution in [2.75, 3.05) is 0 Å². The third kappa shape index (κ3) is 6.29. The first-order valence-electron chi connectivity index (χ1n) is 6.23. The highest BCUT2D eigenvalue weighted by molar-refractivity contribution is 5.84. The number of carbonyl (C=O) groups excluding carboxylic acids is 2. The zero-order valence-corrected chi connectivity index (χ0v) is 11.8. The van der Waals surface area contributed by atoms with E-state index in [9.17, 15) is 9.59 Å². The molecule has 0 aliphatic rings. The van der Waals surface area contributed by atoms with Gasteiger partial charge in [0.25, 0.3) is 0 Å². The van der Waals surface area contributed by atoms with Crippen LogP contribution < -0.4 is 5.32 Å². The quantitative estimate of drug-likeness (QED) is 0.754. The first kappa shape index (κ1) is 15.9. The number of hydrogen-bond donors (Lipinski definition) is 1. The van der Waals surface area contributed by atoms with Crippen LogP contribution in [0.25, 0.3) is 0 Å². The Morgan fingerprint density at radius 1 is 1.24 bits per heavy atom. The maximum absolute atomic E-state index is 12.0. The average molecular weight is 243 g/mol. The predicted octanol–water partition coefficient (Wildman–Crippen LogP) is 2.27. The second-order valence-corrected chi connectivity index (χ2v) is 5.32. The molecule has 100 valence electrons. The Hall–Kier alpha value is -1.06. The number of nitrogens with one attached hydrogen (secondary N) is 1. The minimum Gasteiger partial charge on any atom is -0.458 e. The molecule has 17 heavy (non-hydrogen) atoms. The number of rotatable bonds is 5. The molecule has 4 nitrogen and oxygen atoms in total. The van der Waals surface area contributed by atoms with Crippen LogP contribution >= 0.6 is 0 Å². The van der Waals surface area contributed by atoms with Gasteiger partial charge in [0, 0.05) is 6.42 Å². The Morgan fingerprint density at radius 3 is 2.12 bits per heavy atom. The highest BCUT2D eigenvalue weighted by atomic mass is 16.6. The molecule has 0 aromatic heterocycles. The molecule has 1 N–H and O–H groups in total. The lowest BCUT2D eigenvalue weighted by atomic mass is 9.98. The van der Waals surface area contributed by atoms with Crippen LogP contribution in [0.2, 0.25) is 0 Å². The Labute approximate surface area is 104 Å². The van der Waals surface area contributed by atoms with Gasteiger partial charge in [0.2, 0.25) is 5.91 Å². The highest BCUT2D eigenvalue weighted by Crippen LogP contribution is 2.14. The molecular formula is C13H25NO3. The molecule has 1 amide bonds. The number of ether oxygens (including phenoxy) is 1. The van der Waals surface area contributed by atoms with E-state index in [1.807, 2.05) is 34.6 Å². The minimum atomic E-state index is -0.549. The lowest BCUT2D eigenvalue weighted by molar-refractivity contribution is -0.160. The summed E-state index contributed by atoms with van der Waals surface area (Å²) in [5.41, 5.74) is -0.528. The fourth-order valence-electron chi connectivity index (χ4n) is 1.31. The van der Waals surface area contributed by atoms with Gasteiger partial charge in [-0.3, -0.25) is 4.79 Å². The van der Waals surface area contributed by atoms with Crippen molar-refractivity contribution in [3.8, 4) is 0 Å². The summed E-state index contributed by atoms with van der Waals surface area (Å²) < 4.78 is 5.31. The SMILES string of the molecule is CCC(=O)N[C@H](C(=O)OC(C)(C)C)[C@@H](C)CC. The van der Waals surface area contributed by atoms with Crippen molar-refractivity contribution < 1.29 is 14.3 Å². The van der Waals surface area contributed by atoms with Crippen LogP contribution in [0.5, 0.6) is 0 Å². The van der Waals surface area contributed by atoms with Crippen LogP contribution in [0.1, 0.15) is 54.4 Å². The van der Waals surface area contributed by atoms with Gasteiger partial charge < -0.3 is 10.1 Å². The van der Waals surface area contributed by atoms with Crippen molar-refractivity contribution in [1.82, 2.24) is 5.32 Å². The maximum atomic E-state index is 12.0. The van der Waals surface area contributed by atoms with Crippen molar-refractivity contribution in [1.29, 1.82) is 0 Å². The molecule has 0 saturated carbocycles. The van der Waals surface area contributed by atoms with Crippen LogP contribution in [-0.4, -0.2) is 23.5 Å². The van der Waals surface area contributed by atoms with E-state index in [1.165, 1.54) is 0 Å². The zero-order valence-electron chi connectivity index (χ0n) is 11.8. The molecule has 0 aliphatic heterocycles. The largest absolute Gasteiger partial charge is 0.458 e. The number of hydrogen-bond acceptors (Lipinski definition) is 3. The number of amides is 1. The lowest BCUT2D eigenvalue weighted by Crippen LogP contribution is -2.47. The van der Waals surface area contributed by atoms with Crippen molar-refractivity contribution in [2.45, 2.75) is 66.0 Å². The van der Waals surface area contributed by atoms with Gasteiger partial charge in [-0.05, 0) is 26.7 Å². The predicted molar refractivity (Wildman–Crippen MR) is 67.5 cm³/mol. The highest BCUT2D eigenvalue weighted by Gasteiger charge is 2.29. The van der Waals surface area contributed by atoms with Crippen LogP contribution in [0, 0.1) is 5.92 Å². The third-order valence-corrected chi connectivity index (χ3v) is 2.51. The van der Waals surface area contributed by atoms with Crippen LogP contribution in [-0.2, 0) is 14.3 Å². The van der Waals surface area contributed by atoms with E-state index in [2.05, 4.69) is 5.32 Å². The molecule has 0 fully saturated rings. The summed E-state index contributed by atoms with van der Waals surface area (Å²) in [5, 5.41) is 2.73. The standard InChI is InChI=1S/C13H25NO3/c1-7-9(3)11(14-10(15)8-2)12(16)17-13(4,5)6/h9,11H,7-8H2,1-6H3,(H,14,15)/t9-,11-/m0/s1. The van der Waals surface area contributed by atoms with Crippen molar-refractivity contribution in [3.05, 3.63) is 0 Å². The molecule has 0 saturated heterocycles. The lowest BCUT2D eigenvalue weighted by Gasteiger charge is -2.27. The van der Waals surface area contributed by atoms with E-state index < -0.39 is 11.6 Å². The molecule has 0 spiro atoms. The summed E-state index contributed by atoms with van der Waals surface area (Å²) >= 11 is 0. The molecule has 2 atom stereocenters. The molecule has 0 bridgehead atoms. The summed E-state index contributed by atoms with van der Waals surface area (Å²) in [6.07, 6.45) is 1.18. The fourth-order valence-corrected chi connectivity index (χ4v) is 1.31. The van der Waals surface area contributed by atoms with Gasteiger partial charge in [-0.15, -0.1) is 0 Å². The average Bonchev–Trinajstić information content (AvgIpc) is 2.21. The molecule has 4 heteroatoms. The Balaban J connectivity index is 4.68. The molecular weight excluding hydrogens is 218 g/mol. The molecule has 0 radical (unpaired) electrons. The zero-order chi connectivity index (χ0) is 13.6. The topological polar surface area (TPSA) is 55.4 Å². The van der Waals surface area contributed by atoms with E-state index in [4.69, 9.17) is 4.74 Å². The fraction of sp³-hybridized carbons (Fsp3) is 0.846. The van der Waals surface area contributed by atoms with Gasteiger partial charge in [-0.25, -0.2) is 4.79 Å². The maximum Gasteiger partial charge on any atom is 0.329 e. The van der Waals surface area contributed by atoms with Crippen molar-refractivity contribution in [2.24, 2.45) is 5.92 Å². The second-order valence-electron chi connectivity index (χ2n) is 5.32. The Morgan fingerprint density at radius 2 is 1.76 bits per heavy atom. The van der Waals surface area contributed by atoms with E-state index >= 15 is 0 Å². The van der Waals surface area contributed by atoms with Crippen LogP contribution in [0.15, 0.2) is 0 Å². The first-order chi connectivity index (χ1) is 7.71.